The smallest absolute Gasteiger partial charge is 0.229 e. The van der Waals surface area contributed by atoms with Crippen LogP contribution in [-0.2, 0) is 14.3 Å². The molecule has 1 aliphatic rings. The predicted molar refractivity (Wildman–Crippen MR) is 47.4 cm³/mol. The minimum atomic E-state index is -0.0764. The van der Waals surface area contributed by atoms with Crippen LogP contribution in [-0.4, -0.2) is 44.1 Å². The van der Waals surface area contributed by atoms with Crippen molar-refractivity contribution in [3.63, 3.8) is 0 Å². The Kier molecular flexibility index (Phi) is 4.42. The lowest BCUT2D eigenvalue weighted by Gasteiger charge is -2.22. The fourth-order valence-corrected chi connectivity index (χ4v) is 1.05. The number of thiol groups is 1. The van der Waals surface area contributed by atoms with Crippen LogP contribution in [0.5, 0.6) is 0 Å². The van der Waals surface area contributed by atoms with Crippen molar-refractivity contribution in [2.75, 3.05) is 32.1 Å². The second-order valence-electron chi connectivity index (χ2n) is 2.53. The van der Waals surface area contributed by atoms with Gasteiger partial charge in [0.25, 0.3) is 0 Å². The van der Waals surface area contributed by atoms with Gasteiger partial charge < -0.3 is 14.8 Å². The van der Waals surface area contributed by atoms with E-state index in [0.29, 0.717) is 26.4 Å². The zero-order chi connectivity index (χ0) is 8.81. The van der Waals surface area contributed by atoms with Crippen LogP contribution in [0.1, 0.15) is 0 Å². The summed E-state index contributed by atoms with van der Waals surface area (Å²) in [6.07, 6.45) is 0.00239. The molecule has 1 fully saturated rings. The number of carbonyl (C=O) groups is 1. The van der Waals surface area contributed by atoms with Gasteiger partial charge in [-0.1, -0.05) is 0 Å². The molecule has 1 unspecified atom stereocenters. The van der Waals surface area contributed by atoms with Crippen LogP contribution in [0.15, 0.2) is 0 Å². The number of ether oxygens (including phenoxy) is 2. The highest BCUT2D eigenvalue weighted by Gasteiger charge is 2.14. The van der Waals surface area contributed by atoms with Gasteiger partial charge in [-0.3, -0.25) is 4.79 Å². The Morgan fingerprint density at radius 2 is 2.42 bits per heavy atom. The quantitative estimate of drug-likeness (QED) is 0.588. The highest BCUT2D eigenvalue weighted by molar-refractivity contribution is 7.81. The molecule has 70 valence electrons. The number of hydrogen-bond donors (Lipinski definition) is 2. The third kappa shape index (κ3) is 3.42. The van der Waals surface area contributed by atoms with E-state index in [1.165, 1.54) is 0 Å². The molecule has 1 rings (SSSR count). The molecule has 0 spiro atoms. The number of hydrogen-bond acceptors (Lipinski definition) is 4. The molecule has 0 radical (unpaired) electrons. The molecule has 0 aromatic rings. The molecule has 5 heteroatoms. The lowest BCUT2D eigenvalue weighted by Crippen LogP contribution is -2.40. The summed E-state index contributed by atoms with van der Waals surface area (Å²) in [6, 6.07) is 0. The Balaban J connectivity index is 2.09. The number of carbonyl (C=O) groups excluding carboxylic acids is 1. The maximum Gasteiger partial charge on any atom is 0.229 e. The van der Waals surface area contributed by atoms with Gasteiger partial charge in [-0.25, -0.2) is 0 Å². The highest BCUT2D eigenvalue weighted by atomic mass is 32.1. The van der Waals surface area contributed by atoms with E-state index in [4.69, 9.17) is 9.47 Å². The zero-order valence-corrected chi connectivity index (χ0v) is 7.68. The molecule has 1 heterocycles. The van der Waals surface area contributed by atoms with E-state index in [9.17, 15) is 4.79 Å². The molecule has 1 N–H and O–H groups in total. The molecule has 1 amide bonds. The fraction of sp³-hybridized carbons (Fsp3) is 0.857. The molecule has 4 nitrogen and oxygen atoms in total. The molecule has 1 aliphatic heterocycles. The van der Waals surface area contributed by atoms with Gasteiger partial charge in [0.05, 0.1) is 31.7 Å². The summed E-state index contributed by atoms with van der Waals surface area (Å²) in [6.45, 7) is 2.34. The lowest BCUT2D eigenvalue weighted by atomic mass is 10.3. The highest BCUT2D eigenvalue weighted by Crippen LogP contribution is 1.98. The Bertz CT molecular complexity index is 148. The fourth-order valence-electron chi connectivity index (χ4n) is 0.938. The molecule has 0 aliphatic carbocycles. The molecule has 1 atom stereocenters. The van der Waals surface area contributed by atoms with E-state index < -0.39 is 0 Å². The molecule has 12 heavy (non-hydrogen) atoms. The molecule has 0 aromatic carbocycles. The monoisotopic (exact) mass is 191 g/mol. The summed E-state index contributed by atoms with van der Waals surface area (Å²) in [5, 5.41) is 2.68. The number of amides is 1. The number of rotatable bonds is 3. The Labute approximate surface area is 77.0 Å². The van der Waals surface area contributed by atoms with E-state index >= 15 is 0 Å². The first-order valence-corrected chi connectivity index (χ1v) is 4.53. The summed E-state index contributed by atoms with van der Waals surface area (Å²) in [7, 11) is 0. The molecular weight excluding hydrogens is 178 g/mol. The van der Waals surface area contributed by atoms with Crippen LogP contribution in [0, 0.1) is 0 Å². The van der Waals surface area contributed by atoms with E-state index in [1.54, 1.807) is 0 Å². The normalized spacial score (nSPS) is 23.6. The van der Waals surface area contributed by atoms with Crippen molar-refractivity contribution < 1.29 is 14.3 Å². The van der Waals surface area contributed by atoms with Gasteiger partial charge in [0, 0.05) is 6.54 Å². The topological polar surface area (TPSA) is 47.6 Å². The van der Waals surface area contributed by atoms with Gasteiger partial charge in [-0.15, -0.1) is 0 Å². The second-order valence-corrected chi connectivity index (χ2v) is 2.85. The first-order chi connectivity index (χ1) is 5.83. The van der Waals surface area contributed by atoms with E-state index in [-0.39, 0.29) is 17.8 Å². The van der Waals surface area contributed by atoms with Crippen LogP contribution in [0.25, 0.3) is 0 Å². The summed E-state index contributed by atoms with van der Waals surface area (Å²) < 4.78 is 10.5. The molecule has 0 bridgehead atoms. The van der Waals surface area contributed by atoms with Crippen LogP contribution in [0.3, 0.4) is 0 Å². The van der Waals surface area contributed by atoms with Gasteiger partial charge in [-0.05, 0) is 0 Å². The Morgan fingerprint density at radius 1 is 1.58 bits per heavy atom. The van der Waals surface area contributed by atoms with Gasteiger partial charge >= 0.3 is 0 Å². The molecule has 1 saturated heterocycles. The minimum absolute atomic E-state index is 0.00239. The summed E-state index contributed by atoms with van der Waals surface area (Å²) in [5.74, 6) is 0.139. The van der Waals surface area contributed by atoms with Crippen molar-refractivity contribution in [1.29, 1.82) is 0 Å². The zero-order valence-electron chi connectivity index (χ0n) is 6.78. The predicted octanol–water partition coefficient (Wildman–Crippen LogP) is -0.552. The average Bonchev–Trinajstić information content (AvgIpc) is 2.16. The van der Waals surface area contributed by atoms with Crippen molar-refractivity contribution >= 4 is 18.5 Å². The van der Waals surface area contributed by atoms with Crippen LogP contribution < -0.4 is 5.32 Å². The van der Waals surface area contributed by atoms with Crippen LogP contribution in [0.2, 0.25) is 0 Å². The van der Waals surface area contributed by atoms with Crippen molar-refractivity contribution in [1.82, 2.24) is 5.32 Å². The standard InChI is InChI=1S/C7H13NO3S/c9-7(5-12)8-3-6-4-10-1-2-11-6/h6,12H,1-5H2,(H,8,9). The van der Waals surface area contributed by atoms with Crippen LogP contribution >= 0.6 is 12.6 Å². The Hall–Kier alpha value is -0.260. The first-order valence-electron chi connectivity index (χ1n) is 3.90. The van der Waals surface area contributed by atoms with E-state index in [2.05, 4.69) is 17.9 Å². The van der Waals surface area contributed by atoms with Crippen molar-refractivity contribution in [2.24, 2.45) is 0 Å². The van der Waals surface area contributed by atoms with Gasteiger partial charge in [0.15, 0.2) is 0 Å². The summed E-state index contributed by atoms with van der Waals surface area (Å²) >= 11 is 3.83. The second kappa shape index (κ2) is 5.40. The third-order valence-electron chi connectivity index (χ3n) is 1.56. The lowest BCUT2D eigenvalue weighted by molar-refractivity contribution is -0.121. The SMILES string of the molecule is O=C(CS)NCC1COCCO1. The Morgan fingerprint density at radius 3 is 3.00 bits per heavy atom. The van der Waals surface area contributed by atoms with Crippen molar-refractivity contribution in [2.45, 2.75) is 6.10 Å². The summed E-state index contributed by atoms with van der Waals surface area (Å²) in [4.78, 5) is 10.8. The minimum Gasteiger partial charge on any atom is -0.376 e. The van der Waals surface area contributed by atoms with E-state index in [0.717, 1.165) is 0 Å². The van der Waals surface area contributed by atoms with Gasteiger partial charge in [0.2, 0.25) is 5.91 Å². The van der Waals surface area contributed by atoms with Crippen LogP contribution in [0.4, 0.5) is 0 Å². The first kappa shape index (κ1) is 9.83. The maximum atomic E-state index is 10.8. The maximum absolute atomic E-state index is 10.8. The average molecular weight is 191 g/mol. The number of nitrogens with one attached hydrogen (secondary N) is 1. The summed E-state index contributed by atoms with van der Waals surface area (Å²) in [5.41, 5.74) is 0. The molecular formula is C7H13NO3S. The van der Waals surface area contributed by atoms with E-state index in [1.807, 2.05) is 0 Å². The largest absolute Gasteiger partial charge is 0.376 e. The third-order valence-corrected chi connectivity index (χ3v) is 1.84. The molecule has 0 aromatic heterocycles. The van der Waals surface area contributed by atoms with Crippen molar-refractivity contribution in [3.05, 3.63) is 0 Å². The van der Waals surface area contributed by atoms with Crippen molar-refractivity contribution in [3.8, 4) is 0 Å². The molecule has 0 saturated carbocycles. The van der Waals surface area contributed by atoms with Gasteiger partial charge in [0.1, 0.15) is 0 Å². The van der Waals surface area contributed by atoms with Gasteiger partial charge in [-0.2, -0.15) is 12.6 Å².